The molecule has 6 heteroatoms. The summed E-state index contributed by atoms with van der Waals surface area (Å²) in [5.41, 5.74) is 0.941. The van der Waals surface area contributed by atoms with Crippen LogP contribution in [0.4, 0.5) is 0 Å². The van der Waals surface area contributed by atoms with Crippen LogP contribution < -0.4 is 10.1 Å². The van der Waals surface area contributed by atoms with E-state index in [-0.39, 0.29) is 17.5 Å². The number of aromatic nitrogens is 1. The van der Waals surface area contributed by atoms with Gasteiger partial charge >= 0.3 is 0 Å². The van der Waals surface area contributed by atoms with E-state index in [0.717, 1.165) is 0 Å². The molecule has 20 heavy (non-hydrogen) atoms. The van der Waals surface area contributed by atoms with Crippen molar-refractivity contribution in [3.63, 3.8) is 0 Å². The normalized spacial score (nSPS) is 21.1. The van der Waals surface area contributed by atoms with E-state index in [2.05, 4.69) is 10.3 Å². The number of hydrogen-bond donors (Lipinski definition) is 1. The van der Waals surface area contributed by atoms with Crippen LogP contribution in [0.1, 0.15) is 19.4 Å². The molecule has 0 radical (unpaired) electrons. The molecule has 2 rings (SSSR count). The molecule has 1 aromatic heterocycles. The van der Waals surface area contributed by atoms with Crippen molar-refractivity contribution in [1.29, 1.82) is 0 Å². The minimum atomic E-state index is -0.509. The first-order valence-electron chi connectivity index (χ1n) is 6.42. The number of likely N-dealkylation sites (N-methyl/N-ethyl adjacent to an activating group) is 1. The quantitative estimate of drug-likeness (QED) is 0.828. The van der Waals surface area contributed by atoms with Crippen molar-refractivity contribution in [2.45, 2.75) is 19.9 Å². The molecule has 0 aliphatic carbocycles. The van der Waals surface area contributed by atoms with E-state index in [0.29, 0.717) is 18.1 Å². The van der Waals surface area contributed by atoms with Crippen LogP contribution in [0.5, 0.6) is 5.88 Å². The molecule has 1 unspecified atom stereocenters. The zero-order chi connectivity index (χ0) is 14.7. The van der Waals surface area contributed by atoms with Gasteiger partial charge in [0, 0.05) is 18.8 Å². The molecule has 6 nitrogen and oxygen atoms in total. The molecular weight excluding hydrogens is 258 g/mol. The number of piperazine rings is 1. The third-order valence-electron chi connectivity index (χ3n) is 3.02. The summed E-state index contributed by atoms with van der Waals surface area (Å²) in [4.78, 5) is 29.4. The van der Waals surface area contributed by atoms with Gasteiger partial charge in [0.15, 0.2) is 0 Å². The summed E-state index contributed by atoms with van der Waals surface area (Å²) in [6.45, 7) is 3.99. The Morgan fingerprint density at radius 1 is 1.50 bits per heavy atom. The molecule has 1 N–H and O–H groups in total. The van der Waals surface area contributed by atoms with Crippen LogP contribution in [0, 0.1) is 0 Å². The van der Waals surface area contributed by atoms with Crippen molar-refractivity contribution in [3.05, 3.63) is 29.6 Å². The molecule has 0 saturated carbocycles. The average Bonchev–Trinajstić information content (AvgIpc) is 2.43. The van der Waals surface area contributed by atoms with E-state index in [1.807, 2.05) is 6.92 Å². The van der Waals surface area contributed by atoms with E-state index >= 15 is 0 Å². The summed E-state index contributed by atoms with van der Waals surface area (Å²) in [5, 5.41) is 2.62. The van der Waals surface area contributed by atoms with Gasteiger partial charge in [-0.15, -0.1) is 0 Å². The molecule has 2 amide bonds. The van der Waals surface area contributed by atoms with Gasteiger partial charge in [-0.05, 0) is 32.1 Å². The van der Waals surface area contributed by atoms with Gasteiger partial charge in [0.05, 0.1) is 6.61 Å². The second-order valence-corrected chi connectivity index (χ2v) is 4.45. The van der Waals surface area contributed by atoms with Crippen molar-refractivity contribution in [2.75, 3.05) is 13.7 Å². The van der Waals surface area contributed by atoms with Crippen LogP contribution >= 0.6 is 0 Å². The SMILES string of the molecule is CCOc1ncccc1/C=C1/C(=O)NC(C)C(=O)N1C. The Labute approximate surface area is 117 Å². The first-order valence-corrected chi connectivity index (χ1v) is 6.42. The maximum absolute atomic E-state index is 12.0. The van der Waals surface area contributed by atoms with Gasteiger partial charge in [0.1, 0.15) is 11.7 Å². The second kappa shape index (κ2) is 5.73. The lowest BCUT2D eigenvalue weighted by atomic mass is 10.1. The molecular formula is C14H17N3O3. The van der Waals surface area contributed by atoms with E-state index in [1.165, 1.54) is 4.90 Å². The lowest BCUT2D eigenvalue weighted by Crippen LogP contribution is -2.53. The molecule has 0 spiro atoms. The molecule has 1 aromatic rings. The highest BCUT2D eigenvalue weighted by molar-refractivity contribution is 6.07. The lowest BCUT2D eigenvalue weighted by Gasteiger charge is -2.29. The number of pyridine rings is 1. The molecule has 0 aromatic carbocycles. The minimum Gasteiger partial charge on any atom is -0.478 e. The average molecular weight is 275 g/mol. The Morgan fingerprint density at radius 2 is 2.25 bits per heavy atom. The minimum absolute atomic E-state index is 0.155. The van der Waals surface area contributed by atoms with Crippen LogP contribution in [0.25, 0.3) is 6.08 Å². The van der Waals surface area contributed by atoms with Gasteiger partial charge in [0.2, 0.25) is 11.8 Å². The Hall–Kier alpha value is -2.37. The van der Waals surface area contributed by atoms with Crippen LogP contribution in [0.2, 0.25) is 0 Å². The zero-order valence-corrected chi connectivity index (χ0v) is 11.7. The first kappa shape index (κ1) is 14.0. The van der Waals surface area contributed by atoms with Gasteiger partial charge in [-0.25, -0.2) is 4.98 Å². The summed E-state index contributed by atoms with van der Waals surface area (Å²) in [5.74, 6) is -0.00151. The van der Waals surface area contributed by atoms with Crippen LogP contribution in [0.3, 0.4) is 0 Å². The second-order valence-electron chi connectivity index (χ2n) is 4.45. The fourth-order valence-electron chi connectivity index (χ4n) is 1.97. The van der Waals surface area contributed by atoms with Crippen molar-refractivity contribution in [3.8, 4) is 5.88 Å². The van der Waals surface area contributed by atoms with Gasteiger partial charge < -0.3 is 15.0 Å². The van der Waals surface area contributed by atoms with Crippen molar-refractivity contribution >= 4 is 17.9 Å². The maximum Gasteiger partial charge on any atom is 0.268 e. The number of ether oxygens (including phenoxy) is 1. The Kier molecular flexibility index (Phi) is 4.02. The topological polar surface area (TPSA) is 71.5 Å². The Bertz CT molecular complexity index is 569. The number of carbonyl (C=O) groups is 2. The number of carbonyl (C=O) groups excluding carboxylic acids is 2. The van der Waals surface area contributed by atoms with Crippen molar-refractivity contribution in [2.24, 2.45) is 0 Å². The summed E-state index contributed by atoms with van der Waals surface area (Å²) < 4.78 is 5.41. The standard InChI is InChI=1S/C14H17N3O3/c1-4-20-13-10(6-5-7-15-13)8-11-12(18)16-9(2)14(19)17(11)3/h5-9H,4H2,1-3H3,(H,16,18)/b11-8-. The predicted molar refractivity (Wildman–Crippen MR) is 73.8 cm³/mol. The Balaban J connectivity index is 2.39. The maximum atomic E-state index is 12.0. The predicted octanol–water partition coefficient (Wildman–Crippen LogP) is 0.798. The van der Waals surface area contributed by atoms with Crippen LogP contribution in [0.15, 0.2) is 24.0 Å². The van der Waals surface area contributed by atoms with Crippen LogP contribution in [-0.4, -0.2) is 41.4 Å². The number of nitrogens with zero attached hydrogens (tertiary/aromatic N) is 2. The van der Waals surface area contributed by atoms with E-state index < -0.39 is 6.04 Å². The zero-order valence-electron chi connectivity index (χ0n) is 11.7. The summed E-state index contributed by atoms with van der Waals surface area (Å²) in [6, 6.07) is 3.03. The van der Waals surface area contributed by atoms with E-state index in [1.54, 1.807) is 38.4 Å². The molecule has 1 aliphatic rings. The highest BCUT2D eigenvalue weighted by Gasteiger charge is 2.31. The molecule has 2 heterocycles. The summed E-state index contributed by atoms with van der Waals surface area (Å²) >= 11 is 0. The molecule has 1 fully saturated rings. The molecule has 106 valence electrons. The van der Waals surface area contributed by atoms with Gasteiger partial charge in [0.25, 0.3) is 5.91 Å². The number of hydrogen-bond acceptors (Lipinski definition) is 4. The van der Waals surface area contributed by atoms with Gasteiger partial charge in [-0.1, -0.05) is 0 Å². The summed E-state index contributed by atoms with van der Waals surface area (Å²) in [7, 11) is 1.58. The monoisotopic (exact) mass is 275 g/mol. The fraction of sp³-hybridized carbons (Fsp3) is 0.357. The largest absolute Gasteiger partial charge is 0.478 e. The van der Waals surface area contributed by atoms with Crippen molar-refractivity contribution in [1.82, 2.24) is 15.2 Å². The van der Waals surface area contributed by atoms with E-state index in [9.17, 15) is 9.59 Å². The fourth-order valence-corrected chi connectivity index (χ4v) is 1.97. The van der Waals surface area contributed by atoms with Crippen molar-refractivity contribution < 1.29 is 14.3 Å². The molecule has 1 atom stereocenters. The smallest absolute Gasteiger partial charge is 0.268 e. The number of amides is 2. The third-order valence-corrected chi connectivity index (χ3v) is 3.02. The van der Waals surface area contributed by atoms with Gasteiger partial charge in [-0.2, -0.15) is 0 Å². The van der Waals surface area contributed by atoms with Gasteiger partial charge in [-0.3, -0.25) is 9.59 Å². The Morgan fingerprint density at radius 3 is 2.95 bits per heavy atom. The highest BCUT2D eigenvalue weighted by atomic mass is 16.5. The van der Waals surface area contributed by atoms with E-state index in [4.69, 9.17) is 4.74 Å². The van der Waals surface area contributed by atoms with Crippen LogP contribution in [-0.2, 0) is 9.59 Å². The first-order chi connectivity index (χ1) is 9.54. The third kappa shape index (κ3) is 2.64. The number of rotatable bonds is 3. The molecule has 1 saturated heterocycles. The molecule has 1 aliphatic heterocycles. The summed E-state index contributed by atoms with van der Waals surface area (Å²) in [6.07, 6.45) is 3.22. The lowest BCUT2D eigenvalue weighted by molar-refractivity contribution is -0.138. The number of nitrogens with one attached hydrogen (secondary N) is 1. The highest BCUT2D eigenvalue weighted by Crippen LogP contribution is 2.21. The molecule has 0 bridgehead atoms.